The number of nitrogens with zero attached hydrogens (tertiary/aromatic N) is 2. The molecule has 0 unspecified atom stereocenters. The van der Waals surface area contributed by atoms with Crippen LogP contribution in [0, 0.1) is 0 Å². The van der Waals surface area contributed by atoms with E-state index in [0.717, 1.165) is 0 Å². The molecular weight excluding hydrogens is 214 g/mol. The second kappa shape index (κ2) is 5.26. The second-order valence-corrected chi connectivity index (χ2v) is 3.33. The molecule has 0 bridgehead atoms. The van der Waals surface area contributed by atoms with Gasteiger partial charge in [0, 0.05) is 12.4 Å². The van der Waals surface area contributed by atoms with Gasteiger partial charge in [-0.15, -0.1) is 0 Å². The molecule has 7 heteroatoms. The summed E-state index contributed by atoms with van der Waals surface area (Å²) in [6.45, 7) is 1.22. The number of hydrogen-bond acceptors (Lipinski definition) is 4. The Morgan fingerprint density at radius 2 is 2.25 bits per heavy atom. The average molecular weight is 227 g/mol. The zero-order valence-corrected chi connectivity index (χ0v) is 8.70. The van der Waals surface area contributed by atoms with E-state index < -0.39 is 24.0 Å². The molecule has 1 amide bonds. The highest BCUT2D eigenvalue weighted by atomic mass is 16.4. The van der Waals surface area contributed by atoms with Gasteiger partial charge in [0.2, 0.25) is 5.91 Å². The van der Waals surface area contributed by atoms with Gasteiger partial charge in [0.05, 0.1) is 6.10 Å². The number of aliphatic hydroxyl groups excluding tert-OH is 1. The summed E-state index contributed by atoms with van der Waals surface area (Å²) < 4.78 is 1.36. The number of aromatic nitrogens is 2. The van der Waals surface area contributed by atoms with Crippen LogP contribution in [-0.2, 0) is 16.1 Å². The summed E-state index contributed by atoms with van der Waals surface area (Å²) in [6, 6.07) is 0.347. The van der Waals surface area contributed by atoms with Crippen LogP contribution in [-0.4, -0.2) is 44.0 Å². The molecule has 16 heavy (non-hydrogen) atoms. The first-order valence-electron chi connectivity index (χ1n) is 4.68. The molecule has 0 fully saturated rings. The van der Waals surface area contributed by atoms with E-state index in [-0.39, 0.29) is 6.54 Å². The normalized spacial score (nSPS) is 14.1. The highest BCUT2D eigenvalue weighted by Crippen LogP contribution is 1.94. The third-order valence-electron chi connectivity index (χ3n) is 1.93. The predicted molar refractivity (Wildman–Crippen MR) is 53.5 cm³/mol. The Labute approximate surface area is 91.7 Å². The molecule has 7 nitrogen and oxygen atoms in total. The number of nitrogens with one attached hydrogen (secondary N) is 1. The van der Waals surface area contributed by atoms with E-state index in [1.165, 1.54) is 17.8 Å². The monoisotopic (exact) mass is 227 g/mol. The fourth-order valence-corrected chi connectivity index (χ4v) is 1.15. The third-order valence-corrected chi connectivity index (χ3v) is 1.93. The van der Waals surface area contributed by atoms with Crippen LogP contribution in [0.5, 0.6) is 0 Å². The van der Waals surface area contributed by atoms with E-state index in [1.54, 1.807) is 12.3 Å². The first-order chi connectivity index (χ1) is 7.50. The summed E-state index contributed by atoms with van der Waals surface area (Å²) >= 11 is 0. The zero-order valence-electron chi connectivity index (χ0n) is 8.70. The minimum atomic E-state index is -1.30. The van der Waals surface area contributed by atoms with E-state index in [9.17, 15) is 9.59 Å². The maximum Gasteiger partial charge on any atom is 0.328 e. The summed E-state index contributed by atoms with van der Waals surface area (Å²) in [6.07, 6.45) is 1.94. The maximum absolute atomic E-state index is 11.4. The Balaban J connectivity index is 2.52. The first kappa shape index (κ1) is 12.2. The van der Waals surface area contributed by atoms with Crippen LogP contribution in [0.2, 0.25) is 0 Å². The van der Waals surface area contributed by atoms with Crippen LogP contribution in [0.25, 0.3) is 0 Å². The molecule has 1 rings (SSSR count). The number of carbonyl (C=O) groups is 2. The number of carboxylic acids is 1. The predicted octanol–water partition coefficient (Wildman–Crippen LogP) is -1.17. The van der Waals surface area contributed by atoms with Crippen molar-refractivity contribution in [3.05, 3.63) is 18.5 Å². The summed E-state index contributed by atoms with van der Waals surface area (Å²) in [5.41, 5.74) is 0. The lowest BCUT2D eigenvalue weighted by molar-refractivity contribution is -0.144. The van der Waals surface area contributed by atoms with Gasteiger partial charge in [-0.25, -0.2) is 4.79 Å². The number of aliphatic hydroxyl groups is 1. The van der Waals surface area contributed by atoms with Crippen molar-refractivity contribution in [2.45, 2.75) is 25.6 Å². The van der Waals surface area contributed by atoms with Gasteiger partial charge in [0.15, 0.2) is 6.04 Å². The number of aliphatic carboxylic acids is 1. The second-order valence-electron chi connectivity index (χ2n) is 3.33. The van der Waals surface area contributed by atoms with Crippen LogP contribution in [0.15, 0.2) is 18.5 Å². The quantitative estimate of drug-likeness (QED) is 0.588. The zero-order chi connectivity index (χ0) is 12.1. The molecule has 2 atom stereocenters. The van der Waals surface area contributed by atoms with Crippen molar-refractivity contribution in [2.75, 3.05) is 0 Å². The largest absolute Gasteiger partial charge is 0.480 e. The van der Waals surface area contributed by atoms with Gasteiger partial charge < -0.3 is 15.5 Å². The first-order valence-corrected chi connectivity index (χ1v) is 4.68. The van der Waals surface area contributed by atoms with Gasteiger partial charge >= 0.3 is 5.97 Å². The van der Waals surface area contributed by atoms with Gasteiger partial charge in [-0.1, -0.05) is 0 Å². The minimum Gasteiger partial charge on any atom is -0.480 e. The van der Waals surface area contributed by atoms with Crippen molar-refractivity contribution >= 4 is 11.9 Å². The molecule has 0 radical (unpaired) electrons. The molecule has 0 saturated heterocycles. The molecule has 88 valence electrons. The van der Waals surface area contributed by atoms with Crippen molar-refractivity contribution in [3.63, 3.8) is 0 Å². The van der Waals surface area contributed by atoms with Crippen LogP contribution in [0.3, 0.4) is 0 Å². The molecule has 0 saturated carbocycles. The molecule has 0 aliphatic rings. The van der Waals surface area contributed by atoms with Gasteiger partial charge in [-0.05, 0) is 13.0 Å². The SMILES string of the molecule is C[C@@H](O)[C@H](NC(=O)Cn1cccn1)C(=O)O. The minimum absolute atomic E-state index is 0.0799. The Morgan fingerprint density at radius 1 is 1.56 bits per heavy atom. The Morgan fingerprint density at radius 3 is 2.69 bits per heavy atom. The summed E-state index contributed by atoms with van der Waals surface area (Å²) in [7, 11) is 0. The van der Waals surface area contributed by atoms with Crippen molar-refractivity contribution in [2.24, 2.45) is 0 Å². The van der Waals surface area contributed by atoms with E-state index in [0.29, 0.717) is 0 Å². The van der Waals surface area contributed by atoms with E-state index in [1.807, 2.05) is 0 Å². The van der Waals surface area contributed by atoms with Crippen molar-refractivity contribution < 1.29 is 19.8 Å². The van der Waals surface area contributed by atoms with Crippen LogP contribution >= 0.6 is 0 Å². The lowest BCUT2D eigenvalue weighted by Gasteiger charge is -2.16. The van der Waals surface area contributed by atoms with Crippen molar-refractivity contribution in [3.8, 4) is 0 Å². The maximum atomic E-state index is 11.4. The van der Waals surface area contributed by atoms with Gasteiger partial charge in [0.25, 0.3) is 0 Å². The number of rotatable bonds is 5. The number of amides is 1. The van der Waals surface area contributed by atoms with E-state index in [4.69, 9.17) is 10.2 Å². The molecule has 3 N–H and O–H groups in total. The molecule has 1 aromatic heterocycles. The van der Waals surface area contributed by atoms with Crippen LogP contribution in [0.1, 0.15) is 6.92 Å². The number of carbonyl (C=O) groups excluding carboxylic acids is 1. The number of hydrogen-bond donors (Lipinski definition) is 3. The smallest absolute Gasteiger partial charge is 0.328 e. The molecule has 1 aromatic rings. The Bertz CT molecular complexity index is 361. The lowest BCUT2D eigenvalue weighted by Crippen LogP contribution is -2.48. The average Bonchev–Trinajstić information content (AvgIpc) is 2.65. The summed E-state index contributed by atoms with van der Waals surface area (Å²) in [4.78, 5) is 22.1. The third kappa shape index (κ3) is 3.35. The Kier molecular flexibility index (Phi) is 4.01. The summed E-state index contributed by atoms with van der Waals surface area (Å²) in [5, 5.41) is 23.9. The molecule has 0 aromatic carbocycles. The molecular formula is C9H13N3O4. The summed E-state index contributed by atoms with van der Waals surface area (Å²) in [5.74, 6) is -1.79. The fourth-order valence-electron chi connectivity index (χ4n) is 1.15. The van der Waals surface area contributed by atoms with Crippen molar-refractivity contribution in [1.82, 2.24) is 15.1 Å². The Hall–Kier alpha value is -1.89. The molecule has 0 spiro atoms. The molecule has 0 aliphatic heterocycles. The van der Waals surface area contributed by atoms with Gasteiger partial charge in [-0.3, -0.25) is 9.48 Å². The molecule has 1 heterocycles. The standard InChI is InChI=1S/C9H13N3O4/c1-6(13)8(9(15)16)11-7(14)5-12-4-2-3-10-12/h2-4,6,8,13H,5H2,1H3,(H,11,14)(H,15,16)/t6-,8+/m1/s1. The van der Waals surface area contributed by atoms with E-state index in [2.05, 4.69) is 10.4 Å². The van der Waals surface area contributed by atoms with Crippen LogP contribution in [0.4, 0.5) is 0 Å². The number of carboxylic acid groups (broad SMARTS) is 1. The topological polar surface area (TPSA) is 104 Å². The molecule has 0 aliphatic carbocycles. The van der Waals surface area contributed by atoms with Gasteiger partial charge in [0.1, 0.15) is 6.54 Å². The fraction of sp³-hybridized carbons (Fsp3) is 0.444. The van der Waals surface area contributed by atoms with Crippen molar-refractivity contribution in [1.29, 1.82) is 0 Å². The van der Waals surface area contributed by atoms with Gasteiger partial charge in [-0.2, -0.15) is 5.10 Å². The van der Waals surface area contributed by atoms with E-state index >= 15 is 0 Å². The lowest BCUT2D eigenvalue weighted by atomic mass is 10.2. The highest BCUT2D eigenvalue weighted by Gasteiger charge is 2.24. The highest BCUT2D eigenvalue weighted by molar-refractivity contribution is 5.83. The van der Waals surface area contributed by atoms with Crippen LogP contribution < -0.4 is 5.32 Å².